The molecular weight excluding hydrogens is 266 g/mol. The quantitative estimate of drug-likeness (QED) is 0.792. The molecule has 3 rings (SSSR count). The van der Waals surface area contributed by atoms with Crippen molar-refractivity contribution in [2.75, 3.05) is 25.2 Å². The third kappa shape index (κ3) is 2.05. The fourth-order valence-corrected chi connectivity index (χ4v) is 3.56. The Morgan fingerprint density at radius 3 is 2.89 bits per heavy atom. The van der Waals surface area contributed by atoms with Gasteiger partial charge in [-0.1, -0.05) is 24.4 Å². The fourth-order valence-electron chi connectivity index (χ4n) is 3.39. The van der Waals surface area contributed by atoms with Crippen LogP contribution in [0.25, 0.3) is 0 Å². The summed E-state index contributed by atoms with van der Waals surface area (Å²) < 4.78 is 6.95. The maximum atomic E-state index is 12.1. The van der Waals surface area contributed by atoms with E-state index in [4.69, 9.17) is 16.3 Å². The van der Waals surface area contributed by atoms with Gasteiger partial charge in [-0.05, 0) is 12.8 Å². The smallest absolute Gasteiger partial charge is 0.256 e. The number of hydrogen-bond donors (Lipinski definition) is 0. The van der Waals surface area contributed by atoms with E-state index in [2.05, 4.69) is 9.88 Å². The Kier molecular flexibility index (Phi) is 3.27. The lowest BCUT2D eigenvalue weighted by atomic mass is 9.97. The third-order valence-corrected chi connectivity index (χ3v) is 4.47. The van der Waals surface area contributed by atoms with E-state index in [1.54, 1.807) is 11.7 Å². The van der Waals surface area contributed by atoms with Crippen molar-refractivity contribution in [1.82, 2.24) is 9.55 Å². The van der Waals surface area contributed by atoms with E-state index in [0.29, 0.717) is 12.6 Å². The molecule has 1 aromatic rings. The number of ether oxygens (including phenoxy) is 1. The lowest BCUT2D eigenvalue weighted by Crippen LogP contribution is -2.46. The van der Waals surface area contributed by atoms with Crippen molar-refractivity contribution in [2.45, 2.75) is 37.8 Å². The largest absolute Gasteiger partial charge is 0.383 e. The van der Waals surface area contributed by atoms with Crippen LogP contribution in [0.1, 0.15) is 25.7 Å². The first-order chi connectivity index (χ1) is 9.16. The van der Waals surface area contributed by atoms with Crippen molar-refractivity contribution in [3.8, 4) is 0 Å². The van der Waals surface area contributed by atoms with Gasteiger partial charge in [-0.3, -0.25) is 9.36 Å². The van der Waals surface area contributed by atoms with Gasteiger partial charge in [-0.2, -0.15) is 0 Å². The van der Waals surface area contributed by atoms with Crippen LogP contribution in [0.4, 0.5) is 5.95 Å². The number of methoxy groups -OCH3 is 1. The summed E-state index contributed by atoms with van der Waals surface area (Å²) in [6.45, 7) is 2.11. The van der Waals surface area contributed by atoms with Crippen LogP contribution in [0.15, 0.2) is 10.9 Å². The van der Waals surface area contributed by atoms with E-state index < -0.39 is 0 Å². The van der Waals surface area contributed by atoms with Crippen molar-refractivity contribution in [1.29, 1.82) is 0 Å². The van der Waals surface area contributed by atoms with Gasteiger partial charge in [0.1, 0.15) is 5.15 Å². The van der Waals surface area contributed by atoms with E-state index >= 15 is 0 Å². The van der Waals surface area contributed by atoms with Crippen LogP contribution >= 0.6 is 11.6 Å². The Morgan fingerprint density at radius 2 is 2.21 bits per heavy atom. The van der Waals surface area contributed by atoms with Crippen LogP contribution in [0.2, 0.25) is 5.15 Å². The molecule has 2 heterocycles. The molecule has 6 heteroatoms. The second-order valence-corrected chi connectivity index (χ2v) is 5.77. The summed E-state index contributed by atoms with van der Waals surface area (Å²) in [6, 6.07) is 1.40. The zero-order valence-corrected chi connectivity index (χ0v) is 11.8. The average Bonchev–Trinajstić information content (AvgIpc) is 2.94. The molecule has 1 saturated carbocycles. The number of nitrogens with zero attached hydrogens (tertiary/aromatic N) is 3. The Hall–Kier alpha value is -1.07. The van der Waals surface area contributed by atoms with Crippen LogP contribution in [0.5, 0.6) is 0 Å². The molecule has 0 bridgehead atoms. The summed E-state index contributed by atoms with van der Waals surface area (Å²) >= 11 is 5.94. The predicted molar refractivity (Wildman–Crippen MR) is 73.9 cm³/mol. The van der Waals surface area contributed by atoms with E-state index in [-0.39, 0.29) is 16.3 Å². The highest BCUT2D eigenvalue weighted by molar-refractivity contribution is 6.29. The van der Waals surface area contributed by atoms with Crippen molar-refractivity contribution < 1.29 is 4.74 Å². The van der Waals surface area contributed by atoms with Crippen LogP contribution in [-0.4, -0.2) is 35.4 Å². The normalized spacial score (nSPS) is 20.2. The van der Waals surface area contributed by atoms with E-state index in [9.17, 15) is 4.79 Å². The first-order valence-electron chi connectivity index (χ1n) is 6.70. The highest BCUT2D eigenvalue weighted by atomic mass is 35.5. The minimum absolute atomic E-state index is 0.0440. The summed E-state index contributed by atoms with van der Waals surface area (Å²) in [4.78, 5) is 18.7. The van der Waals surface area contributed by atoms with Crippen molar-refractivity contribution in [3.05, 3.63) is 21.6 Å². The highest BCUT2D eigenvalue weighted by Crippen LogP contribution is 2.43. The molecule has 1 aromatic heterocycles. The first kappa shape index (κ1) is 12.9. The second kappa shape index (κ2) is 4.80. The van der Waals surface area contributed by atoms with E-state index in [1.165, 1.54) is 18.9 Å². The second-order valence-electron chi connectivity index (χ2n) is 5.38. The van der Waals surface area contributed by atoms with Gasteiger partial charge in [0.2, 0.25) is 5.95 Å². The van der Waals surface area contributed by atoms with Gasteiger partial charge >= 0.3 is 0 Å². The summed E-state index contributed by atoms with van der Waals surface area (Å²) in [5.74, 6) is 0.705. The van der Waals surface area contributed by atoms with Crippen molar-refractivity contribution in [2.24, 2.45) is 0 Å². The Labute approximate surface area is 117 Å². The first-order valence-corrected chi connectivity index (χ1v) is 7.08. The molecule has 0 saturated heterocycles. The van der Waals surface area contributed by atoms with Crippen LogP contribution in [0, 0.1) is 0 Å². The standard InChI is InChI=1S/C13H18ClN3O2/c1-19-7-6-17-12-15-10(14)8-11(18)16(12)9-13(17)4-2-3-5-13/h8H,2-7,9H2,1H3. The van der Waals surface area contributed by atoms with Gasteiger partial charge in [-0.25, -0.2) is 4.98 Å². The predicted octanol–water partition coefficient (Wildman–Crippen LogP) is 1.68. The number of fused-ring (bicyclic) bond motifs is 1. The molecular formula is C13H18ClN3O2. The van der Waals surface area contributed by atoms with Gasteiger partial charge in [0, 0.05) is 19.7 Å². The molecule has 0 unspecified atom stereocenters. The molecule has 0 amide bonds. The SMILES string of the molecule is COCCN1c2nc(Cl)cc(=O)n2CC12CCCC2. The molecule has 1 aliphatic heterocycles. The van der Waals surface area contributed by atoms with E-state index in [0.717, 1.165) is 25.9 Å². The Balaban J connectivity index is 2.04. The molecule has 0 radical (unpaired) electrons. The molecule has 1 spiro atoms. The number of anilines is 1. The summed E-state index contributed by atoms with van der Waals surface area (Å²) in [6.07, 6.45) is 4.63. The van der Waals surface area contributed by atoms with Gasteiger partial charge in [0.15, 0.2) is 0 Å². The molecule has 1 aliphatic carbocycles. The highest BCUT2D eigenvalue weighted by Gasteiger charge is 2.46. The number of halogens is 1. The van der Waals surface area contributed by atoms with Crippen molar-refractivity contribution in [3.63, 3.8) is 0 Å². The van der Waals surface area contributed by atoms with Crippen molar-refractivity contribution >= 4 is 17.5 Å². The lowest BCUT2D eigenvalue weighted by Gasteiger charge is -2.34. The average molecular weight is 284 g/mol. The van der Waals surface area contributed by atoms with Crippen LogP contribution in [-0.2, 0) is 11.3 Å². The van der Waals surface area contributed by atoms with Crippen LogP contribution < -0.4 is 10.5 Å². The van der Waals surface area contributed by atoms with Gasteiger partial charge < -0.3 is 9.64 Å². The molecule has 5 nitrogen and oxygen atoms in total. The summed E-state index contributed by atoms with van der Waals surface area (Å²) in [5.41, 5.74) is -0.0104. The van der Waals surface area contributed by atoms with Gasteiger partial charge in [-0.15, -0.1) is 0 Å². The minimum atomic E-state index is -0.0545. The maximum absolute atomic E-state index is 12.1. The molecule has 19 heavy (non-hydrogen) atoms. The summed E-state index contributed by atoms with van der Waals surface area (Å²) in [5, 5.41) is 0.272. The minimum Gasteiger partial charge on any atom is -0.383 e. The van der Waals surface area contributed by atoms with E-state index in [1.807, 2.05) is 0 Å². The molecule has 0 aromatic carbocycles. The maximum Gasteiger partial charge on any atom is 0.256 e. The number of aromatic nitrogens is 2. The Morgan fingerprint density at radius 1 is 1.47 bits per heavy atom. The monoisotopic (exact) mass is 283 g/mol. The zero-order valence-electron chi connectivity index (χ0n) is 11.1. The molecule has 0 atom stereocenters. The molecule has 0 N–H and O–H groups in total. The van der Waals surface area contributed by atoms with Gasteiger partial charge in [0.25, 0.3) is 5.56 Å². The molecule has 104 valence electrons. The number of hydrogen-bond acceptors (Lipinski definition) is 4. The number of rotatable bonds is 3. The fraction of sp³-hybridized carbons (Fsp3) is 0.692. The topological polar surface area (TPSA) is 47.4 Å². The summed E-state index contributed by atoms with van der Waals surface area (Å²) in [7, 11) is 1.69. The molecule has 2 aliphatic rings. The zero-order chi connectivity index (χ0) is 13.5. The Bertz CT molecular complexity index is 537. The molecule has 1 fully saturated rings. The third-order valence-electron chi connectivity index (χ3n) is 4.28. The van der Waals surface area contributed by atoms with Gasteiger partial charge in [0.05, 0.1) is 18.7 Å². The van der Waals surface area contributed by atoms with Crippen LogP contribution in [0.3, 0.4) is 0 Å². The lowest BCUT2D eigenvalue weighted by molar-refractivity contribution is 0.197.